The summed E-state index contributed by atoms with van der Waals surface area (Å²) in [5.74, 6) is 1.25. The van der Waals surface area contributed by atoms with E-state index in [2.05, 4.69) is 26.9 Å². The molecule has 0 N–H and O–H groups in total. The fourth-order valence-corrected chi connectivity index (χ4v) is 2.48. The van der Waals surface area contributed by atoms with Crippen molar-refractivity contribution in [3.05, 3.63) is 29.8 Å². The number of likely N-dealkylation sites (tertiary alicyclic amines) is 1. The molecule has 0 radical (unpaired) electrons. The SMILES string of the molecule is Cc1ccnc(-c2noc(CN3CCCC3C)n2)c1. The molecule has 1 saturated heterocycles. The third-order valence-corrected chi connectivity index (χ3v) is 3.64. The fourth-order valence-electron chi connectivity index (χ4n) is 2.48. The number of pyridine rings is 1. The zero-order chi connectivity index (χ0) is 13.2. The Labute approximate surface area is 112 Å². The van der Waals surface area contributed by atoms with Crippen LogP contribution in [0.2, 0.25) is 0 Å². The zero-order valence-electron chi connectivity index (χ0n) is 11.3. The molecule has 1 unspecified atom stereocenters. The van der Waals surface area contributed by atoms with Crippen LogP contribution in [-0.2, 0) is 6.54 Å². The number of aryl methyl sites for hydroxylation is 1. The van der Waals surface area contributed by atoms with Crippen molar-refractivity contribution in [2.45, 2.75) is 39.3 Å². The van der Waals surface area contributed by atoms with Crippen molar-refractivity contribution in [1.29, 1.82) is 0 Å². The first-order valence-electron chi connectivity index (χ1n) is 6.72. The van der Waals surface area contributed by atoms with Crippen LogP contribution in [0.3, 0.4) is 0 Å². The minimum absolute atomic E-state index is 0.575. The molecule has 100 valence electrons. The fraction of sp³-hybridized carbons (Fsp3) is 0.500. The monoisotopic (exact) mass is 258 g/mol. The Hall–Kier alpha value is -1.75. The van der Waals surface area contributed by atoms with Gasteiger partial charge in [-0.1, -0.05) is 5.16 Å². The van der Waals surface area contributed by atoms with Crippen LogP contribution in [0.5, 0.6) is 0 Å². The molecular formula is C14H18N4O. The summed E-state index contributed by atoms with van der Waals surface area (Å²) in [7, 11) is 0. The van der Waals surface area contributed by atoms with Gasteiger partial charge in [-0.3, -0.25) is 9.88 Å². The highest BCUT2D eigenvalue weighted by atomic mass is 16.5. The molecule has 5 heteroatoms. The number of hydrogen-bond donors (Lipinski definition) is 0. The van der Waals surface area contributed by atoms with Gasteiger partial charge in [-0.15, -0.1) is 0 Å². The highest BCUT2D eigenvalue weighted by Gasteiger charge is 2.22. The van der Waals surface area contributed by atoms with Crippen LogP contribution in [0.15, 0.2) is 22.9 Å². The first-order valence-corrected chi connectivity index (χ1v) is 6.72. The molecule has 0 amide bonds. The van der Waals surface area contributed by atoms with Crippen molar-refractivity contribution in [3.63, 3.8) is 0 Å². The lowest BCUT2D eigenvalue weighted by molar-refractivity contribution is 0.221. The van der Waals surface area contributed by atoms with E-state index in [0.29, 0.717) is 17.8 Å². The summed E-state index contributed by atoms with van der Waals surface area (Å²) in [5.41, 5.74) is 1.91. The lowest BCUT2D eigenvalue weighted by Crippen LogP contribution is -2.26. The maximum Gasteiger partial charge on any atom is 0.241 e. The van der Waals surface area contributed by atoms with Gasteiger partial charge in [-0.2, -0.15) is 4.98 Å². The van der Waals surface area contributed by atoms with E-state index < -0.39 is 0 Å². The molecule has 1 atom stereocenters. The summed E-state index contributed by atoms with van der Waals surface area (Å²) in [5, 5.41) is 4.02. The van der Waals surface area contributed by atoms with Crippen LogP contribution in [0.25, 0.3) is 11.5 Å². The summed E-state index contributed by atoms with van der Waals surface area (Å²) < 4.78 is 5.33. The summed E-state index contributed by atoms with van der Waals surface area (Å²) in [6.07, 6.45) is 4.27. The summed E-state index contributed by atoms with van der Waals surface area (Å²) in [4.78, 5) is 11.1. The largest absolute Gasteiger partial charge is 0.337 e. The highest BCUT2D eigenvalue weighted by Crippen LogP contribution is 2.20. The minimum Gasteiger partial charge on any atom is -0.337 e. The predicted molar refractivity (Wildman–Crippen MR) is 71.4 cm³/mol. The number of aromatic nitrogens is 3. The van der Waals surface area contributed by atoms with Gasteiger partial charge in [0.05, 0.1) is 6.54 Å². The smallest absolute Gasteiger partial charge is 0.241 e. The normalized spacial score (nSPS) is 20.0. The molecule has 19 heavy (non-hydrogen) atoms. The van der Waals surface area contributed by atoms with E-state index in [-0.39, 0.29) is 0 Å². The molecule has 1 fully saturated rings. The maximum absolute atomic E-state index is 5.33. The number of rotatable bonds is 3. The third-order valence-electron chi connectivity index (χ3n) is 3.64. The van der Waals surface area contributed by atoms with Crippen LogP contribution >= 0.6 is 0 Å². The molecule has 1 aliphatic rings. The van der Waals surface area contributed by atoms with E-state index in [0.717, 1.165) is 24.3 Å². The van der Waals surface area contributed by atoms with E-state index in [1.165, 1.54) is 12.8 Å². The topological polar surface area (TPSA) is 55.1 Å². The van der Waals surface area contributed by atoms with Gasteiger partial charge in [-0.25, -0.2) is 0 Å². The second-order valence-electron chi connectivity index (χ2n) is 5.19. The number of nitrogens with zero attached hydrogens (tertiary/aromatic N) is 4. The van der Waals surface area contributed by atoms with Crippen molar-refractivity contribution in [2.75, 3.05) is 6.54 Å². The number of hydrogen-bond acceptors (Lipinski definition) is 5. The van der Waals surface area contributed by atoms with Crippen molar-refractivity contribution in [2.24, 2.45) is 0 Å². The van der Waals surface area contributed by atoms with Gasteiger partial charge in [0.15, 0.2) is 0 Å². The first kappa shape index (κ1) is 12.3. The summed E-state index contributed by atoms with van der Waals surface area (Å²) in [6, 6.07) is 4.52. The molecule has 3 rings (SSSR count). The Morgan fingerprint density at radius 1 is 1.47 bits per heavy atom. The van der Waals surface area contributed by atoms with Crippen LogP contribution in [0.4, 0.5) is 0 Å². The lowest BCUT2D eigenvalue weighted by atomic mass is 10.2. The predicted octanol–water partition coefficient (Wildman–Crippen LogP) is 2.42. The lowest BCUT2D eigenvalue weighted by Gasteiger charge is -2.17. The molecular weight excluding hydrogens is 240 g/mol. The summed E-state index contributed by atoms with van der Waals surface area (Å²) >= 11 is 0. The molecule has 5 nitrogen and oxygen atoms in total. The Balaban J connectivity index is 1.76. The molecule has 0 saturated carbocycles. The standard InChI is InChI=1S/C14H18N4O/c1-10-5-6-15-12(8-10)14-16-13(19-17-14)9-18-7-3-4-11(18)2/h5-6,8,11H,3-4,7,9H2,1-2H3. The Morgan fingerprint density at radius 2 is 2.37 bits per heavy atom. The Kier molecular flexibility index (Phi) is 3.29. The molecule has 0 aromatic carbocycles. The summed E-state index contributed by atoms with van der Waals surface area (Å²) in [6.45, 7) is 6.12. The second-order valence-corrected chi connectivity index (χ2v) is 5.19. The van der Waals surface area contributed by atoms with Crippen molar-refractivity contribution < 1.29 is 4.52 Å². The quantitative estimate of drug-likeness (QED) is 0.846. The van der Waals surface area contributed by atoms with Gasteiger partial charge in [0.25, 0.3) is 0 Å². The highest BCUT2D eigenvalue weighted by molar-refractivity contribution is 5.48. The van der Waals surface area contributed by atoms with E-state index in [1.54, 1.807) is 6.20 Å². The Bertz CT molecular complexity index is 566. The van der Waals surface area contributed by atoms with Gasteiger partial charge in [0.2, 0.25) is 11.7 Å². The van der Waals surface area contributed by atoms with Gasteiger partial charge >= 0.3 is 0 Å². The minimum atomic E-state index is 0.575. The van der Waals surface area contributed by atoms with Crippen LogP contribution in [-0.4, -0.2) is 32.6 Å². The average molecular weight is 258 g/mol. The molecule has 0 bridgehead atoms. The van der Waals surface area contributed by atoms with E-state index in [9.17, 15) is 0 Å². The molecule has 3 heterocycles. The second kappa shape index (κ2) is 5.09. The molecule has 2 aromatic heterocycles. The van der Waals surface area contributed by atoms with Crippen LogP contribution < -0.4 is 0 Å². The van der Waals surface area contributed by atoms with E-state index >= 15 is 0 Å². The third kappa shape index (κ3) is 2.66. The van der Waals surface area contributed by atoms with Gasteiger partial charge in [-0.05, 0) is 50.9 Å². The average Bonchev–Trinajstić information content (AvgIpc) is 3.00. The van der Waals surface area contributed by atoms with Crippen LogP contribution in [0, 0.1) is 6.92 Å². The van der Waals surface area contributed by atoms with Crippen molar-refractivity contribution in [3.8, 4) is 11.5 Å². The molecule has 2 aromatic rings. The molecule has 0 aliphatic carbocycles. The van der Waals surface area contributed by atoms with Gasteiger partial charge in [0, 0.05) is 12.2 Å². The maximum atomic E-state index is 5.33. The van der Waals surface area contributed by atoms with Gasteiger partial charge < -0.3 is 4.52 Å². The van der Waals surface area contributed by atoms with Crippen molar-refractivity contribution >= 4 is 0 Å². The molecule has 0 spiro atoms. The van der Waals surface area contributed by atoms with Crippen molar-refractivity contribution in [1.82, 2.24) is 20.0 Å². The van der Waals surface area contributed by atoms with Crippen LogP contribution in [0.1, 0.15) is 31.2 Å². The van der Waals surface area contributed by atoms with E-state index in [4.69, 9.17) is 4.52 Å². The Morgan fingerprint density at radius 3 is 3.11 bits per heavy atom. The zero-order valence-corrected chi connectivity index (χ0v) is 11.3. The van der Waals surface area contributed by atoms with E-state index in [1.807, 2.05) is 19.1 Å². The first-order chi connectivity index (χ1) is 9.22. The molecule has 1 aliphatic heterocycles. The van der Waals surface area contributed by atoms with Gasteiger partial charge in [0.1, 0.15) is 5.69 Å².